The molecule has 4 rings (SSSR count). The Morgan fingerprint density at radius 3 is 2.52 bits per heavy atom. The van der Waals surface area contributed by atoms with Crippen LogP contribution in [0.4, 0.5) is 0 Å². The summed E-state index contributed by atoms with van der Waals surface area (Å²) in [5.41, 5.74) is 12.1. The molecule has 2 aromatic carbocycles. The Balaban J connectivity index is 1.76. The van der Waals surface area contributed by atoms with Gasteiger partial charge in [0.1, 0.15) is 5.82 Å². The van der Waals surface area contributed by atoms with E-state index >= 15 is 0 Å². The van der Waals surface area contributed by atoms with Crippen LogP contribution in [0.2, 0.25) is 0 Å². The van der Waals surface area contributed by atoms with E-state index in [4.69, 9.17) is 10.7 Å². The van der Waals surface area contributed by atoms with E-state index in [-0.39, 0.29) is 0 Å². The number of nitrogens with two attached hydrogens (primary N) is 1. The van der Waals surface area contributed by atoms with Gasteiger partial charge in [0.2, 0.25) is 0 Å². The van der Waals surface area contributed by atoms with Gasteiger partial charge >= 0.3 is 0 Å². The van der Waals surface area contributed by atoms with Gasteiger partial charge in [-0.25, -0.2) is 4.98 Å². The summed E-state index contributed by atoms with van der Waals surface area (Å²) < 4.78 is 2.24. The molecule has 3 aromatic rings. The minimum Gasteiger partial charge on any atom is -0.331 e. The van der Waals surface area contributed by atoms with Crippen LogP contribution < -0.4 is 5.73 Å². The molecule has 0 aliphatic heterocycles. The van der Waals surface area contributed by atoms with Crippen LogP contribution in [-0.2, 0) is 26.4 Å². The van der Waals surface area contributed by atoms with Crippen molar-refractivity contribution in [3.63, 3.8) is 0 Å². The molecule has 3 heteroatoms. The van der Waals surface area contributed by atoms with Crippen LogP contribution in [0.5, 0.6) is 0 Å². The van der Waals surface area contributed by atoms with Crippen molar-refractivity contribution in [3.05, 3.63) is 65.0 Å². The van der Waals surface area contributed by atoms with Crippen LogP contribution in [0.3, 0.4) is 0 Å². The molecule has 0 saturated heterocycles. The van der Waals surface area contributed by atoms with Gasteiger partial charge in [-0.15, -0.1) is 0 Å². The molecule has 1 aliphatic carbocycles. The Kier molecular flexibility index (Phi) is 2.82. The third-order valence-corrected chi connectivity index (χ3v) is 4.63. The van der Waals surface area contributed by atoms with E-state index in [0.29, 0.717) is 12.5 Å². The normalized spacial score (nSPS) is 14.8. The first-order chi connectivity index (χ1) is 10.3. The fraction of sp³-hybridized carbons (Fsp3) is 0.278. The molecular weight excluding hydrogens is 258 g/mol. The molecule has 1 aliphatic rings. The lowest BCUT2D eigenvalue weighted by Gasteiger charge is -2.09. The average Bonchev–Trinajstić information content (AvgIpc) is 3.08. The van der Waals surface area contributed by atoms with Crippen LogP contribution in [-0.4, -0.2) is 9.55 Å². The van der Waals surface area contributed by atoms with Gasteiger partial charge in [0.05, 0.1) is 11.0 Å². The smallest absolute Gasteiger partial charge is 0.113 e. The highest BCUT2D eigenvalue weighted by Gasteiger charge is 2.26. The molecule has 0 bridgehead atoms. The van der Waals surface area contributed by atoms with Crippen LogP contribution in [0.15, 0.2) is 42.5 Å². The van der Waals surface area contributed by atoms with Gasteiger partial charge in [0.15, 0.2) is 0 Å². The molecular formula is C18H19N3. The average molecular weight is 277 g/mol. The third-order valence-electron chi connectivity index (χ3n) is 4.63. The second-order valence-electron chi connectivity index (χ2n) is 5.93. The zero-order valence-electron chi connectivity index (χ0n) is 12.2. The molecule has 0 unspecified atom stereocenters. The Morgan fingerprint density at radius 2 is 1.86 bits per heavy atom. The maximum Gasteiger partial charge on any atom is 0.113 e. The highest BCUT2D eigenvalue weighted by Crippen LogP contribution is 2.34. The first kappa shape index (κ1) is 12.6. The summed E-state index contributed by atoms with van der Waals surface area (Å²) in [7, 11) is 2.12. The molecule has 0 atom stereocenters. The van der Waals surface area contributed by atoms with Crippen molar-refractivity contribution in [1.29, 1.82) is 0 Å². The summed E-state index contributed by atoms with van der Waals surface area (Å²) in [5.74, 6) is 1.68. The first-order valence-corrected chi connectivity index (χ1v) is 7.48. The minimum absolute atomic E-state index is 0.487. The summed E-state index contributed by atoms with van der Waals surface area (Å²) in [4.78, 5) is 4.89. The number of fused-ring (bicyclic) bond motifs is 2. The van der Waals surface area contributed by atoms with Gasteiger partial charge < -0.3 is 10.3 Å². The fourth-order valence-corrected chi connectivity index (χ4v) is 3.50. The van der Waals surface area contributed by atoms with Gasteiger partial charge in [0.25, 0.3) is 0 Å². The summed E-state index contributed by atoms with van der Waals surface area (Å²) in [6, 6.07) is 15.1. The lowest BCUT2D eigenvalue weighted by Crippen LogP contribution is -2.06. The number of aromatic nitrogens is 2. The van der Waals surface area contributed by atoms with E-state index in [9.17, 15) is 0 Å². The molecule has 0 saturated carbocycles. The summed E-state index contributed by atoms with van der Waals surface area (Å²) in [5, 5.41) is 0. The zero-order valence-corrected chi connectivity index (χ0v) is 12.2. The van der Waals surface area contributed by atoms with Gasteiger partial charge in [-0.05, 0) is 41.7 Å². The van der Waals surface area contributed by atoms with Gasteiger partial charge in [-0.2, -0.15) is 0 Å². The van der Waals surface area contributed by atoms with Crippen LogP contribution in [0.1, 0.15) is 28.4 Å². The van der Waals surface area contributed by atoms with E-state index in [2.05, 4.69) is 54.1 Å². The van der Waals surface area contributed by atoms with Crippen LogP contribution >= 0.6 is 0 Å². The van der Waals surface area contributed by atoms with Gasteiger partial charge in [-0.3, -0.25) is 0 Å². The molecule has 21 heavy (non-hydrogen) atoms. The van der Waals surface area contributed by atoms with Crippen molar-refractivity contribution in [1.82, 2.24) is 9.55 Å². The molecule has 2 N–H and O–H groups in total. The Labute approximate surface area is 124 Å². The second-order valence-corrected chi connectivity index (χ2v) is 5.93. The standard InChI is InChI=1S/C18H19N3/c1-21-17-7-6-12(11-19)8-16(17)20-18(21)15-9-13-4-2-3-5-14(13)10-15/h2-8,15H,9-11,19H2,1H3. The van der Waals surface area contributed by atoms with Crippen molar-refractivity contribution in [2.24, 2.45) is 12.8 Å². The number of imidazole rings is 1. The van der Waals surface area contributed by atoms with E-state index in [1.165, 1.54) is 22.5 Å². The monoisotopic (exact) mass is 277 g/mol. The molecule has 0 radical (unpaired) electrons. The quantitative estimate of drug-likeness (QED) is 0.782. The second kappa shape index (κ2) is 4.71. The molecule has 0 spiro atoms. The summed E-state index contributed by atoms with van der Waals surface area (Å²) in [6.07, 6.45) is 2.19. The molecule has 1 aromatic heterocycles. The maximum atomic E-state index is 5.73. The van der Waals surface area contributed by atoms with E-state index < -0.39 is 0 Å². The molecule has 3 nitrogen and oxygen atoms in total. The highest BCUT2D eigenvalue weighted by molar-refractivity contribution is 5.77. The number of benzene rings is 2. The van der Waals surface area contributed by atoms with Crippen molar-refractivity contribution in [3.8, 4) is 0 Å². The number of rotatable bonds is 2. The zero-order chi connectivity index (χ0) is 14.4. The Morgan fingerprint density at radius 1 is 1.14 bits per heavy atom. The third kappa shape index (κ3) is 1.96. The lowest BCUT2D eigenvalue weighted by atomic mass is 10.1. The number of hydrogen-bond acceptors (Lipinski definition) is 2. The fourth-order valence-electron chi connectivity index (χ4n) is 3.50. The molecule has 0 amide bonds. The van der Waals surface area contributed by atoms with E-state index in [1.807, 2.05) is 0 Å². The van der Waals surface area contributed by atoms with Crippen molar-refractivity contribution >= 4 is 11.0 Å². The largest absolute Gasteiger partial charge is 0.331 e. The van der Waals surface area contributed by atoms with Gasteiger partial charge in [0, 0.05) is 19.5 Å². The van der Waals surface area contributed by atoms with Crippen LogP contribution in [0.25, 0.3) is 11.0 Å². The predicted octanol–water partition coefficient (Wildman–Crippen LogP) is 2.91. The van der Waals surface area contributed by atoms with Crippen molar-refractivity contribution in [2.45, 2.75) is 25.3 Å². The van der Waals surface area contributed by atoms with Crippen molar-refractivity contribution in [2.75, 3.05) is 0 Å². The number of hydrogen-bond donors (Lipinski definition) is 1. The maximum absolute atomic E-state index is 5.73. The SMILES string of the molecule is Cn1c(C2Cc3ccccc3C2)nc2cc(CN)ccc21. The van der Waals surface area contributed by atoms with Crippen LogP contribution in [0, 0.1) is 0 Å². The molecule has 1 heterocycles. The number of nitrogens with zero attached hydrogens (tertiary/aromatic N) is 2. The molecule has 0 fully saturated rings. The van der Waals surface area contributed by atoms with Crippen molar-refractivity contribution < 1.29 is 0 Å². The topological polar surface area (TPSA) is 43.8 Å². The summed E-state index contributed by atoms with van der Waals surface area (Å²) >= 11 is 0. The van der Waals surface area contributed by atoms with Gasteiger partial charge in [-0.1, -0.05) is 30.3 Å². The predicted molar refractivity (Wildman–Crippen MR) is 85.2 cm³/mol. The number of aryl methyl sites for hydroxylation is 1. The Hall–Kier alpha value is -2.13. The lowest BCUT2D eigenvalue weighted by molar-refractivity contribution is 0.651. The Bertz CT molecular complexity index is 791. The highest BCUT2D eigenvalue weighted by atomic mass is 15.1. The first-order valence-electron chi connectivity index (χ1n) is 7.48. The van der Waals surface area contributed by atoms with E-state index in [1.54, 1.807) is 0 Å². The minimum atomic E-state index is 0.487. The summed E-state index contributed by atoms with van der Waals surface area (Å²) in [6.45, 7) is 0.566. The molecule has 106 valence electrons. The van der Waals surface area contributed by atoms with E-state index in [0.717, 1.165) is 23.9 Å².